The molecule has 0 amide bonds. The maximum atomic E-state index is 2.56. The molecule has 3 heteroatoms. The molecule has 0 saturated carbocycles. The van der Waals surface area contributed by atoms with E-state index in [1.54, 1.807) is 0 Å². The first kappa shape index (κ1) is 36.9. The van der Waals surface area contributed by atoms with Crippen molar-refractivity contribution in [2.24, 2.45) is 0 Å². The first-order chi connectivity index (χ1) is 25.8. The van der Waals surface area contributed by atoms with Gasteiger partial charge in [-0.15, -0.1) is 0 Å². The smallest absolute Gasteiger partial charge is 0.252 e. The minimum Gasteiger partial charge on any atom is -0.311 e. The molecule has 0 bridgehead atoms. The van der Waals surface area contributed by atoms with Gasteiger partial charge in [-0.3, -0.25) is 0 Å². The van der Waals surface area contributed by atoms with E-state index in [2.05, 4.69) is 220 Å². The third-order valence-electron chi connectivity index (χ3n) is 11.9. The summed E-state index contributed by atoms with van der Waals surface area (Å²) in [5, 5.41) is 0. The molecule has 0 aliphatic carbocycles. The predicted octanol–water partition coefficient (Wildman–Crippen LogP) is 12.6. The zero-order valence-electron chi connectivity index (χ0n) is 35.1. The summed E-state index contributed by atoms with van der Waals surface area (Å²) in [5.74, 6) is 0. The van der Waals surface area contributed by atoms with Crippen LogP contribution in [0.25, 0.3) is 11.1 Å². The van der Waals surface area contributed by atoms with Gasteiger partial charge in [0.25, 0.3) is 6.71 Å². The quantitative estimate of drug-likeness (QED) is 0.168. The summed E-state index contributed by atoms with van der Waals surface area (Å²) in [7, 11) is 0. The van der Waals surface area contributed by atoms with E-state index >= 15 is 0 Å². The predicted molar refractivity (Wildman–Crippen MR) is 241 cm³/mol. The Balaban J connectivity index is 1.46. The summed E-state index contributed by atoms with van der Waals surface area (Å²) < 4.78 is 0. The topological polar surface area (TPSA) is 6.48 Å². The van der Waals surface area contributed by atoms with Gasteiger partial charge in [-0.25, -0.2) is 0 Å². The number of hydrogen-bond acceptors (Lipinski definition) is 2. The standard InChI is InChI=1S/C52H57BN2/c1-49(2,3)36-19-17-34(18-20-36)35-31-46-48-47(32-35)55(41-28-23-38(24-29-41)51(7,8)9)45-33-39(52(10,11)12)25-30-43(45)53(48)42-15-13-14-16-44(42)54(46)40-26-21-37(22-27-40)50(4,5)6/h13-33H,1-12H3. The molecular weight excluding hydrogens is 663 g/mol. The largest absolute Gasteiger partial charge is 0.311 e. The molecule has 2 nitrogen and oxygen atoms in total. The van der Waals surface area contributed by atoms with Crippen LogP contribution in [0.15, 0.2) is 127 Å². The second-order valence-corrected chi connectivity index (χ2v) is 20.0. The summed E-state index contributed by atoms with van der Waals surface area (Å²) in [6, 6.07) is 49.2. The van der Waals surface area contributed by atoms with Crippen LogP contribution in [-0.2, 0) is 21.7 Å². The van der Waals surface area contributed by atoms with Crippen LogP contribution in [0.2, 0.25) is 0 Å². The fraction of sp³-hybridized carbons (Fsp3) is 0.308. The SMILES string of the molecule is CC(C)(C)c1ccc(-c2cc3c4c(c2)N(c2ccc(C(C)(C)C)cc2)c2cc(C(C)(C)C)ccc2B4c2ccccc2N3c2ccc(C(C)(C)C)cc2)cc1. The molecule has 2 aliphatic heterocycles. The lowest BCUT2D eigenvalue weighted by Crippen LogP contribution is -2.61. The van der Waals surface area contributed by atoms with Crippen LogP contribution in [0.1, 0.15) is 105 Å². The lowest BCUT2D eigenvalue weighted by Gasteiger charge is -2.45. The van der Waals surface area contributed by atoms with E-state index in [1.807, 2.05) is 0 Å². The molecule has 278 valence electrons. The van der Waals surface area contributed by atoms with E-state index in [1.165, 1.54) is 83.9 Å². The van der Waals surface area contributed by atoms with Gasteiger partial charge in [-0.05, 0) is 120 Å². The van der Waals surface area contributed by atoms with Crippen molar-refractivity contribution in [3.05, 3.63) is 150 Å². The summed E-state index contributed by atoms with van der Waals surface area (Å²) in [4.78, 5) is 5.09. The number of rotatable bonds is 3. The fourth-order valence-electron chi connectivity index (χ4n) is 8.52. The minimum atomic E-state index is -0.000628. The van der Waals surface area contributed by atoms with Gasteiger partial charge in [0.05, 0.1) is 0 Å². The van der Waals surface area contributed by atoms with Gasteiger partial charge in [0.1, 0.15) is 0 Å². The second-order valence-electron chi connectivity index (χ2n) is 20.0. The highest BCUT2D eigenvalue weighted by Gasteiger charge is 2.44. The number of fused-ring (bicyclic) bond motifs is 4. The van der Waals surface area contributed by atoms with Crippen molar-refractivity contribution in [1.82, 2.24) is 0 Å². The monoisotopic (exact) mass is 720 g/mol. The molecule has 2 aliphatic rings. The fourth-order valence-corrected chi connectivity index (χ4v) is 8.52. The Morgan fingerprint density at radius 3 is 1.22 bits per heavy atom. The van der Waals surface area contributed by atoms with E-state index in [0.29, 0.717) is 0 Å². The number of benzene rings is 6. The molecule has 0 atom stereocenters. The van der Waals surface area contributed by atoms with Crippen molar-refractivity contribution in [2.45, 2.75) is 105 Å². The summed E-state index contributed by atoms with van der Waals surface area (Å²) in [6.07, 6.45) is 0. The Morgan fingerprint density at radius 1 is 0.345 bits per heavy atom. The summed E-state index contributed by atoms with van der Waals surface area (Å²) >= 11 is 0. The maximum Gasteiger partial charge on any atom is 0.252 e. The highest BCUT2D eigenvalue weighted by Crippen LogP contribution is 2.47. The van der Waals surface area contributed by atoms with Crippen LogP contribution >= 0.6 is 0 Å². The van der Waals surface area contributed by atoms with Gasteiger partial charge >= 0.3 is 0 Å². The zero-order valence-corrected chi connectivity index (χ0v) is 35.1. The average molecular weight is 721 g/mol. The maximum absolute atomic E-state index is 2.56. The normalized spacial score (nSPS) is 14.1. The van der Waals surface area contributed by atoms with Crippen molar-refractivity contribution in [3.63, 3.8) is 0 Å². The molecule has 0 aromatic heterocycles. The number of hydrogen-bond donors (Lipinski definition) is 0. The van der Waals surface area contributed by atoms with Crippen molar-refractivity contribution >= 4 is 57.2 Å². The van der Waals surface area contributed by atoms with Gasteiger partial charge in [-0.2, -0.15) is 0 Å². The summed E-state index contributed by atoms with van der Waals surface area (Å²) in [5.41, 5.74) is 19.4. The van der Waals surface area contributed by atoms with E-state index in [0.717, 1.165) is 0 Å². The van der Waals surface area contributed by atoms with E-state index in [4.69, 9.17) is 0 Å². The Bertz CT molecular complexity index is 2390. The lowest BCUT2D eigenvalue weighted by molar-refractivity contribution is 0.590. The highest BCUT2D eigenvalue weighted by molar-refractivity contribution is 7.00. The van der Waals surface area contributed by atoms with Gasteiger partial charge in [-0.1, -0.05) is 162 Å². The van der Waals surface area contributed by atoms with Gasteiger partial charge in [0.15, 0.2) is 0 Å². The Labute approximate surface area is 331 Å². The van der Waals surface area contributed by atoms with E-state index < -0.39 is 0 Å². The first-order valence-electron chi connectivity index (χ1n) is 20.1. The molecule has 0 unspecified atom stereocenters. The van der Waals surface area contributed by atoms with Crippen molar-refractivity contribution in [2.75, 3.05) is 9.80 Å². The Morgan fingerprint density at radius 2 is 0.745 bits per heavy atom. The molecule has 8 rings (SSSR count). The van der Waals surface area contributed by atoms with Crippen LogP contribution in [0, 0.1) is 0 Å². The lowest BCUT2D eigenvalue weighted by atomic mass is 9.33. The van der Waals surface area contributed by atoms with Crippen LogP contribution in [-0.4, -0.2) is 6.71 Å². The Hall–Kier alpha value is -5.02. The zero-order chi connectivity index (χ0) is 39.2. The first-order valence-corrected chi connectivity index (χ1v) is 20.1. The van der Waals surface area contributed by atoms with Gasteiger partial charge in [0, 0.05) is 34.1 Å². The molecule has 6 aromatic carbocycles. The third-order valence-corrected chi connectivity index (χ3v) is 11.9. The molecule has 6 aromatic rings. The number of nitrogens with zero attached hydrogens (tertiary/aromatic N) is 2. The highest BCUT2D eigenvalue weighted by atomic mass is 15.2. The van der Waals surface area contributed by atoms with Crippen LogP contribution < -0.4 is 26.2 Å². The van der Waals surface area contributed by atoms with Crippen LogP contribution in [0.3, 0.4) is 0 Å². The van der Waals surface area contributed by atoms with Crippen molar-refractivity contribution in [1.29, 1.82) is 0 Å². The van der Waals surface area contributed by atoms with Crippen LogP contribution in [0.5, 0.6) is 0 Å². The second kappa shape index (κ2) is 12.8. The molecular formula is C52H57BN2. The third kappa shape index (κ3) is 6.50. The van der Waals surface area contributed by atoms with Crippen molar-refractivity contribution < 1.29 is 0 Å². The average Bonchev–Trinajstić information content (AvgIpc) is 3.13. The number of para-hydroxylation sites is 1. The molecule has 0 radical (unpaired) electrons. The molecule has 0 saturated heterocycles. The van der Waals surface area contributed by atoms with Crippen LogP contribution in [0.4, 0.5) is 34.1 Å². The van der Waals surface area contributed by atoms with E-state index in [-0.39, 0.29) is 28.4 Å². The Kier molecular flexibility index (Phi) is 8.58. The molecule has 0 spiro atoms. The minimum absolute atomic E-state index is 0.000628. The number of anilines is 6. The molecule has 2 heterocycles. The van der Waals surface area contributed by atoms with E-state index in [9.17, 15) is 0 Å². The van der Waals surface area contributed by atoms with Crippen molar-refractivity contribution in [3.8, 4) is 11.1 Å². The van der Waals surface area contributed by atoms with Gasteiger partial charge in [0.2, 0.25) is 0 Å². The molecule has 55 heavy (non-hydrogen) atoms. The molecule has 0 N–H and O–H groups in total. The molecule has 0 fully saturated rings. The summed E-state index contributed by atoms with van der Waals surface area (Å²) in [6.45, 7) is 27.7. The van der Waals surface area contributed by atoms with Gasteiger partial charge < -0.3 is 9.80 Å².